The lowest BCUT2D eigenvalue weighted by molar-refractivity contribution is -0.333. The summed E-state index contributed by atoms with van der Waals surface area (Å²) in [6.45, 7) is 4.12. The Kier molecular flexibility index (Phi) is 23.2. The van der Waals surface area contributed by atoms with Gasteiger partial charge < -0.3 is 59.6 Å². The average molecular weight is 1260 g/mol. The van der Waals surface area contributed by atoms with E-state index in [1.165, 1.54) is 29.8 Å². The predicted molar refractivity (Wildman–Crippen MR) is 310 cm³/mol. The molecule has 4 aromatic rings. The van der Waals surface area contributed by atoms with Gasteiger partial charge in [-0.2, -0.15) is 16.8 Å². The second-order valence-electron chi connectivity index (χ2n) is 23.9. The van der Waals surface area contributed by atoms with Crippen molar-refractivity contribution < 1.29 is 99.4 Å². The molecule has 0 spiro atoms. The fraction of sp³-hybridized carbons (Fsp3) is 0.633. The van der Waals surface area contributed by atoms with Crippen LogP contribution < -0.4 is 5.32 Å². The van der Waals surface area contributed by atoms with Gasteiger partial charge in [0.2, 0.25) is 5.91 Å². The molecule has 15 atom stereocenters. The van der Waals surface area contributed by atoms with Crippen LogP contribution in [0.15, 0.2) is 70.6 Å². The number of aliphatic carboxylic acids is 1. The summed E-state index contributed by atoms with van der Waals surface area (Å²) in [7, 11) is -9.76. The minimum absolute atomic E-state index is 0.0145. The highest BCUT2D eigenvalue weighted by Crippen LogP contribution is 2.43. The summed E-state index contributed by atoms with van der Waals surface area (Å²) in [5.74, 6) is -5.13. The zero-order chi connectivity index (χ0) is 62.9. The van der Waals surface area contributed by atoms with Crippen molar-refractivity contribution in [2.45, 2.75) is 207 Å². The number of carbonyl (C=O) groups is 4. The highest BCUT2D eigenvalue weighted by atomic mass is 32.2. The van der Waals surface area contributed by atoms with E-state index >= 15 is 0 Å². The first-order chi connectivity index (χ1) is 41.4. The second kappa shape index (κ2) is 29.9. The van der Waals surface area contributed by atoms with Crippen LogP contribution >= 0.6 is 0 Å². The smallest absolute Gasteiger partial charge is 0.338 e. The van der Waals surface area contributed by atoms with E-state index in [1.807, 2.05) is 6.92 Å². The summed E-state index contributed by atoms with van der Waals surface area (Å²) in [6, 6.07) is 12.5. The van der Waals surface area contributed by atoms with Gasteiger partial charge >= 0.3 is 11.9 Å². The Morgan fingerprint density at radius 1 is 0.805 bits per heavy atom. The van der Waals surface area contributed by atoms with Gasteiger partial charge in [0.05, 0.1) is 60.7 Å². The minimum Gasteiger partial charge on any atom is -0.479 e. The molecular weight excluding hydrogens is 1180 g/mol. The first-order valence-electron chi connectivity index (χ1n) is 30.0. The van der Waals surface area contributed by atoms with Crippen LogP contribution in [0.2, 0.25) is 0 Å². The summed E-state index contributed by atoms with van der Waals surface area (Å²) < 4.78 is 103. The number of aryl methyl sites for hydroxylation is 3. The van der Waals surface area contributed by atoms with Gasteiger partial charge in [-0.15, -0.1) is 5.10 Å². The maximum Gasteiger partial charge on any atom is 0.338 e. The number of amides is 1. The number of ketones is 1. The van der Waals surface area contributed by atoms with E-state index in [1.54, 1.807) is 31.3 Å². The number of anilines is 1. The predicted octanol–water partition coefficient (Wildman–Crippen LogP) is 4.99. The summed E-state index contributed by atoms with van der Waals surface area (Å²) in [4.78, 5) is 53.3. The summed E-state index contributed by atoms with van der Waals surface area (Å²) in [5, 5.41) is 76.3. The Morgan fingerprint density at radius 2 is 1.53 bits per heavy atom. The molecule has 4 aliphatic rings. The number of esters is 1. The third-order valence-electron chi connectivity index (χ3n) is 17.6. The fourth-order valence-corrected chi connectivity index (χ4v) is 14.5. The lowest BCUT2D eigenvalue weighted by Crippen LogP contribution is -2.64. The fourth-order valence-electron chi connectivity index (χ4n) is 13.0. The lowest BCUT2D eigenvalue weighted by atomic mass is 9.73. The van der Waals surface area contributed by atoms with E-state index in [2.05, 4.69) is 15.6 Å². The van der Waals surface area contributed by atoms with Crippen molar-refractivity contribution in [3.05, 3.63) is 77.6 Å². The molecule has 1 amide bonds. The molecule has 0 bridgehead atoms. The number of nitrogens with zero attached hydrogens (tertiary/aromatic N) is 3. The zero-order valence-corrected chi connectivity index (χ0v) is 50.6. The van der Waals surface area contributed by atoms with Gasteiger partial charge in [-0.05, 0) is 118 Å². The first-order valence-corrected chi connectivity index (χ1v) is 32.9. The van der Waals surface area contributed by atoms with Crippen molar-refractivity contribution >= 4 is 60.3 Å². The minimum atomic E-state index is -4.92. The van der Waals surface area contributed by atoms with Crippen molar-refractivity contribution in [1.82, 2.24) is 15.0 Å². The van der Waals surface area contributed by atoms with Gasteiger partial charge in [-0.1, -0.05) is 75.8 Å². The second-order valence-corrected chi connectivity index (χ2v) is 26.6. The SMILES string of the molecule is CCC1CC(C(=O)CCCCc2cn(CCCC(=O)Nc3ccc(S(=O)(=O)O)c4cc(C)cc(S(=O)(=O)O)c34)nn2)CC(OC2OC(CO)C(O)C(O[C@@H](CC3CCCCC3)C(=O)O)C2OC(=O)c2ccccc2)C1OC1CC(C)C(O)C(CO)C1O. The van der Waals surface area contributed by atoms with Crippen molar-refractivity contribution in [2.24, 2.45) is 29.6 Å². The molecule has 3 saturated carbocycles. The number of aliphatic hydroxyl groups excluding tert-OH is 5. The van der Waals surface area contributed by atoms with E-state index in [9.17, 15) is 75.8 Å². The third-order valence-corrected chi connectivity index (χ3v) is 19.4. The summed E-state index contributed by atoms with van der Waals surface area (Å²) in [6.07, 6.45) is -5.59. The number of benzene rings is 3. The molecule has 8 rings (SSSR count). The number of rotatable bonds is 27. The number of hydrogen-bond donors (Lipinski definition) is 9. The molecule has 27 heteroatoms. The number of fused-ring (bicyclic) bond motifs is 1. The molecule has 3 aliphatic carbocycles. The third kappa shape index (κ3) is 16.9. The Labute approximate surface area is 505 Å². The van der Waals surface area contributed by atoms with Crippen LogP contribution in [0.25, 0.3) is 10.8 Å². The summed E-state index contributed by atoms with van der Waals surface area (Å²) in [5.41, 5.74) is 0.891. The number of hydrogen-bond acceptors (Lipinski definition) is 20. The van der Waals surface area contributed by atoms with Crippen LogP contribution in [-0.4, -0.2) is 176 Å². The molecule has 480 valence electrons. The highest BCUT2D eigenvalue weighted by Gasteiger charge is 2.54. The van der Waals surface area contributed by atoms with Crippen LogP contribution in [-0.2, 0) is 71.3 Å². The molecular formula is C60H82N4O21S2. The van der Waals surface area contributed by atoms with Gasteiger partial charge in [-0.25, -0.2) is 9.59 Å². The van der Waals surface area contributed by atoms with E-state index in [-0.39, 0.29) is 90.3 Å². The molecule has 1 aliphatic heterocycles. The molecule has 87 heavy (non-hydrogen) atoms. The average Bonchev–Trinajstić information content (AvgIpc) is 1.66. The number of aliphatic hydroxyl groups is 5. The number of carbonyl (C=O) groups excluding carboxylic acids is 3. The molecule has 0 radical (unpaired) electrons. The van der Waals surface area contributed by atoms with Gasteiger partial charge in [-0.3, -0.25) is 23.4 Å². The normalized spacial score (nSPS) is 28.7. The van der Waals surface area contributed by atoms with Crippen molar-refractivity contribution in [1.29, 1.82) is 0 Å². The van der Waals surface area contributed by atoms with Crippen LogP contribution in [0, 0.1) is 36.5 Å². The Morgan fingerprint density at radius 3 is 2.20 bits per heavy atom. The van der Waals surface area contributed by atoms with Crippen LogP contribution in [0.4, 0.5) is 5.69 Å². The van der Waals surface area contributed by atoms with Gasteiger partial charge in [0.15, 0.2) is 18.5 Å². The monoisotopic (exact) mass is 1260 g/mol. The molecule has 25 nitrogen and oxygen atoms in total. The number of carboxylic acid groups (broad SMARTS) is 1. The number of nitrogens with one attached hydrogen (secondary N) is 1. The topological polar surface area (TPSA) is 387 Å². The molecule has 1 aromatic heterocycles. The van der Waals surface area contributed by atoms with Gasteiger partial charge in [0.25, 0.3) is 20.2 Å². The van der Waals surface area contributed by atoms with Crippen molar-refractivity contribution in [3.8, 4) is 0 Å². The van der Waals surface area contributed by atoms with Crippen LogP contribution in [0.3, 0.4) is 0 Å². The van der Waals surface area contributed by atoms with E-state index in [0.29, 0.717) is 37.8 Å². The molecule has 4 fully saturated rings. The standard InChI is InChI=1S/C60H82N4O21S2/c1-4-36-28-38(43(67)19-12-11-18-39-30-64(63-62-39)23-13-20-50(68)61-42-21-22-48(86(75,76)77)40-24-33(2)25-49(51(40)42)87(78,79)80)29-45(55(36)81-44-26-34(3)52(69)41(31-65)53(44)70)83-60-57(85-59(74)37-16-9-6-10-17-37)56(54(71)47(32-66)84-60)82-46(58(72)73)27-35-14-7-5-8-15-35/h6,9-10,16-17,21-22,24-25,30,34-36,38,41,44-47,52-57,60,65-66,69-71H,4-5,7-8,11-15,18-20,23,26-29,31-32H2,1-3H3,(H,61,68)(H,72,73)(H,75,76,77)(H,78,79,80)/t34?,36?,38?,41?,44?,45?,46-,47?,52?,53?,54?,55?,56?,57?,60?/m0/s1. The van der Waals surface area contributed by atoms with E-state index < -0.39 is 146 Å². The van der Waals surface area contributed by atoms with Gasteiger partial charge in [0.1, 0.15) is 33.9 Å². The number of carboxylic acids is 1. The molecule has 9 N–H and O–H groups in total. The maximum absolute atomic E-state index is 14.4. The van der Waals surface area contributed by atoms with Gasteiger partial charge in [0, 0.05) is 48.2 Å². The first kappa shape index (κ1) is 67.5. The summed E-state index contributed by atoms with van der Waals surface area (Å²) >= 11 is 0. The quantitative estimate of drug-likeness (QED) is 0.0216. The number of aromatic nitrogens is 3. The van der Waals surface area contributed by atoms with E-state index in [4.69, 9.17) is 23.7 Å². The Hall–Kier alpha value is -5.40. The number of ether oxygens (including phenoxy) is 5. The van der Waals surface area contributed by atoms with Crippen LogP contribution in [0.5, 0.6) is 0 Å². The zero-order valence-electron chi connectivity index (χ0n) is 49.0. The molecule has 3 aromatic carbocycles. The Bertz CT molecular complexity index is 3240. The maximum atomic E-state index is 14.4. The highest BCUT2D eigenvalue weighted by molar-refractivity contribution is 7.86. The van der Waals surface area contributed by atoms with Crippen molar-refractivity contribution in [3.63, 3.8) is 0 Å². The largest absolute Gasteiger partial charge is 0.479 e. The van der Waals surface area contributed by atoms with E-state index in [0.717, 1.165) is 50.3 Å². The number of unbranched alkanes of at least 4 members (excludes halogenated alkanes) is 1. The lowest BCUT2D eigenvalue weighted by Gasteiger charge is -2.49. The Balaban J connectivity index is 0.951. The molecule has 2 heterocycles. The van der Waals surface area contributed by atoms with Crippen LogP contribution in [0.1, 0.15) is 132 Å². The molecule has 1 saturated heterocycles. The van der Waals surface area contributed by atoms with Crippen molar-refractivity contribution in [2.75, 3.05) is 18.5 Å². The molecule has 14 unspecified atom stereocenters. The number of Topliss-reactive ketones (excluding diaryl/α,β-unsaturated/α-hetero) is 1.